The maximum absolute atomic E-state index is 12.7. The van der Waals surface area contributed by atoms with Gasteiger partial charge in [0.1, 0.15) is 23.2 Å². The molecule has 0 aliphatic carbocycles. The Hall–Kier alpha value is -2.44. The highest BCUT2D eigenvalue weighted by molar-refractivity contribution is 7.96. The van der Waals surface area contributed by atoms with Crippen molar-refractivity contribution in [1.82, 2.24) is 0 Å². The minimum atomic E-state index is -2.19. The molecule has 0 bridgehead atoms. The number of esters is 1. The molecule has 2 nitrogen and oxygen atoms in total. The van der Waals surface area contributed by atoms with Crippen LogP contribution in [0.25, 0.3) is 0 Å². The van der Waals surface area contributed by atoms with E-state index in [0.29, 0.717) is 0 Å². The third kappa shape index (κ3) is 3.10. The van der Waals surface area contributed by atoms with E-state index in [2.05, 4.69) is 36.4 Å². The lowest BCUT2D eigenvalue weighted by molar-refractivity contribution is -0.139. The summed E-state index contributed by atoms with van der Waals surface area (Å²) in [6.07, 6.45) is 0. The van der Waals surface area contributed by atoms with Gasteiger partial charge in [-0.1, -0.05) is 54.6 Å². The van der Waals surface area contributed by atoms with E-state index in [9.17, 15) is 4.79 Å². The minimum Gasteiger partial charge on any atom is -0.466 e. The molecular weight excluding hydrogens is 327 g/mol. The summed E-state index contributed by atoms with van der Waals surface area (Å²) < 4.78 is 5.17. The van der Waals surface area contributed by atoms with Gasteiger partial charge in [-0.25, -0.2) is 4.79 Å². The normalized spacial score (nSPS) is 12.4. The molecule has 0 radical (unpaired) electrons. The molecule has 0 fully saturated rings. The molecule has 0 unspecified atom stereocenters. The van der Waals surface area contributed by atoms with Crippen molar-refractivity contribution in [3.8, 4) is 0 Å². The number of methoxy groups -OCH3 is 1. The molecule has 0 aliphatic heterocycles. The molecule has 0 saturated carbocycles. The van der Waals surface area contributed by atoms with Gasteiger partial charge in [-0.3, -0.25) is 0 Å². The van der Waals surface area contributed by atoms with Crippen LogP contribution >= 0.6 is 7.26 Å². The van der Waals surface area contributed by atoms with Gasteiger partial charge in [0.05, 0.1) is 7.11 Å². The van der Waals surface area contributed by atoms with Gasteiger partial charge >= 0.3 is 5.97 Å². The lowest BCUT2D eigenvalue weighted by Gasteiger charge is -2.31. The van der Waals surface area contributed by atoms with Crippen LogP contribution in [0.4, 0.5) is 0 Å². The number of carbonyl (C=O) groups is 1. The van der Waals surface area contributed by atoms with E-state index >= 15 is 0 Å². The molecule has 3 aromatic carbocycles. The lowest BCUT2D eigenvalue weighted by atomic mass is 10.3. The molecule has 0 aromatic heterocycles. The van der Waals surface area contributed by atoms with E-state index in [0.717, 1.165) is 0 Å². The molecule has 3 heteroatoms. The van der Waals surface area contributed by atoms with Gasteiger partial charge < -0.3 is 4.74 Å². The van der Waals surface area contributed by atoms with Crippen molar-refractivity contribution in [3.05, 3.63) is 91.0 Å². The Morgan fingerprint density at radius 3 is 1.32 bits per heavy atom. The second kappa shape index (κ2) is 7.63. The summed E-state index contributed by atoms with van der Waals surface area (Å²) in [7, 11) is -0.725. The Kier molecular flexibility index (Phi) is 5.31. The van der Waals surface area contributed by atoms with Crippen molar-refractivity contribution in [3.63, 3.8) is 0 Å². The van der Waals surface area contributed by atoms with Crippen LogP contribution < -0.4 is 15.9 Å². The van der Waals surface area contributed by atoms with E-state index in [1.807, 2.05) is 61.5 Å². The molecule has 3 rings (SSSR count). The first kappa shape index (κ1) is 17.4. The summed E-state index contributed by atoms with van der Waals surface area (Å²) in [4.78, 5) is 12.7. The summed E-state index contributed by atoms with van der Waals surface area (Å²) in [5.41, 5.74) is -0.273. The Balaban J connectivity index is 2.38. The number of hydrogen-bond acceptors (Lipinski definition) is 2. The van der Waals surface area contributed by atoms with Crippen LogP contribution in [-0.2, 0) is 9.53 Å². The molecule has 0 amide bonds. The zero-order valence-corrected chi connectivity index (χ0v) is 15.4. The van der Waals surface area contributed by atoms with Crippen molar-refractivity contribution < 1.29 is 9.53 Å². The second-order valence-electron chi connectivity index (χ2n) is 5.93. The smallest absolute Gasteiger partial charge is 0.347 e. The molecular formula is C22H22O2P+. The highest BCUT2D eigenvalue weighted by atomic mass is 31.2. The highest BCUT2D eigenvalue weighted by Gasteiger charge is 2.53. The van der Waals surface area contributed by atoms with E-state index < -0.39 is 7.26 Å². The first-order valence-corrected chi connectivity index (χ1v) is 10.2. The van der Waals surface area contributed by atoms with Crippen LogP contribution in [0, 0.1) is 0 Å². The molecule has 0 spiro atoms. The van der Waals surface area contributed by atoms with E-state index in [1.54, 1.807) is 0 Å². The molecule has 1 atom stereocenters. The number of hydrogen-bond donors (Lipinski definition) is 0. The van der Waals surface area contributed by atoms with Gasteiger partial charge in [0.15, 0.2) is 5.66 Å². The third-order valence-corrected chi connectivity index (χ3v) is 9.32. The fourth-order valence-electron chi connectivity index (χ4n) is 3.44. The van der Waals surface area contributed by atoms with Crippen LogP contribution in [0.3, 0.4) is 0 Å². The van der Waals surface area contributed by atoms with Gasteiger partial charge in [-0.05, 0) is 43.3 Å². The molecule has 25 heavy (non-hydrogen) atoms. The number of carbonyl (C=O) groups excluding carboxylic acids is 1. The van der Waals surface area contributed by atoms with Crippen molar-refractivity contribution in [1.29, 1.82) is 0 Å². The van der Waals surface area contributed by atoms with E-state index in [-0.39, 0.29) is 11.6 Å². The summed E-state index contributed by atoms with van der Waals surface area (Å²) in [5, 5.41) is 3.56. The van der Waals surface area contributed by atoms with Crippen molar-refractivity contribution in [2.75, 3.05) is 7.11 Å². The molecule has 0 heterocycles. The quantitative estimate of drug-likeness (QED) is 0.520. The standard InChI is InChI=1S/C22H22O2P/c1-18(22(23)24-2)25(19-12-6-3-7-13-19,20-14-8-4-9-15-20)21-16-10-5-11-17-21/h3-18H,1-2H3/q+1/t18-/m0/s1. The monoisotopic (exact) mass is 349 g/mol. The van der Waals surface area contributed by atoms with Crippen LogP contribution in [0.5, 0.6) is 0 Å². The zero-order valence-electron chi connectivity index (χ0n) is 14.5. The van der Waals surface area contributed by atoms with Crippen LogP contribution in [0.15, 0.2) is 91.0 Å². The first-order valence-electron chi connectivity index (χ1n) is 8.34. The largest absolute Gasteiger partial charge is 0.466 e. The number of rotatable bonds is 5. The maximum atomic E-state index is 12.7. The van der Waals surface area contributed by atoms with Crippen LogP contribution in [0.2, 0.25) is 0 Å². The maximum Gasteiger partial charge on any atom is 0.347 e. The summed E-state index contributed by atoms with van der Waals surface area (Å²) in [6.45, 7) is 1.99. The lowest BCUT2D eigenvalue weighted by Crippen LogP contribution is -2.41. The summed E-state index contributed by atoms with van der Waals surface area (Å²) in [6, 6.07) is 31.1. The van der Waals surface area contributed by atoms with Gasteiger partial charge in [0.2, 0.25) is 0 Å². The van der Waals surface area contributed by atoms with Crippen LogP contribution in [0.1, 0.15) is 6.92 Å². The predicted octanol–water partition coefficient (Wildman–Crippen LogP) is 3.54. The third-order valence-electron chi connectivity index (χ3n) is 4.61. The number of ether oxygens (including phenoxy) is 1. The van der Waals surface area contributed by atoms with Crippen LogP contribution in [-0.4, -0.2) is 18.7 Å². The van der Waals surface area contributed by atoms with Crippen molar-refractivity contribution in [2.45, 2.75) is 12.6 Å². The average Bonchev–Trinajstić information content (AvgIpc) is 2.70. The summed E-state index contributed by atoms with van der Waals surface area (Å²) >= 11 is 0. The van der Waals surface area contributed by atoms with Gasteiger partial charge in [0.25, 0.3) is 0 Å². The topological polar surface area (TPSA) is 26.3 Å². The van der Waals surface area contributed by atoms with Crippen molar-refractivity contribution >= 4 is 29.1 Å². The van der Waals surface area contributed by atoms with Crippen molar-refractivity contribution in [2.24, 2.45) is 0 Å². The summed E-state index contributed by atoms with van der Waals surface area (Å²) in [5.74, 6) is -0.176. The van der Waals surface area contributed by atoms with Gasteiger partial charge in [-0.15, -0.1) is 0 Å². The SMILES string of the molecule is COC(=O)[C@H](C)[P+](c1ccccc1)(c1ccccc1)c1ccccc1. The Morgan fingerprint density at radius 2 is 1.04 bits per heavy atom. The molecule has 0 N–H and O–H groups in total. The Morgan fingerprint density at radius 1 is 0.720 bits per heavy atom. The molecule has 3 aromatic rings. The molecule has 0 saturated heterocycles. The number of benzene rings is 3. The molecule has 126 valence electrons. The average molecular weight is 349 g/mol. The Bertz CT molecular complexity index is 720. The fourth-order valence-corrected chi connectivity index (χ4v) is 8.02. The highest BCUT2D eigenvalue weighted by Crippen LogP contribution is 2.59. The molecule has 0 aliphatic rings. The van der Waals surface area contributed by atoms with Gasteiger partial charge in [-0.2, -0.15) is 0 Å². The first-order chi connectivity index (χ1) is 12.2. The second-order valence-corrected chi connectivity index (χ2v) is 9.70. The van der Waals surface area contributed by atoms with E-state index in [1.165, 1.54) is 23.0 Å². The van der Waals surface area contributed by atoms with E-state index in [4.69, 9.17) is 4.74 Å². The fraction of sp³-hybridized carbons (Fsp3) is 0.136. The predicted molar refractivity (Wildman–Crippen MR) is 107 cm³/mol. The zero-order chi connectivity index (χ0) is 17.7. The van der Waals surface area contributed by atoms with Gasteiger partial charge in [0, 0.05) is 0 Å². The Labute approximate surface area is 149 Å². The minimum absolute atomic E-state index is 0.176.